The van der Waals surface area contributed by atoms with Gasteiger partial charge in [-0.3, -0.25) is 9.89 Å². The molecule has 1 amide bonds. The highest BCUT2D eigenvalue weighted by Crippen LogP contribution is 2.07. The van der Waals surface area contributed by atoms with E-state index in [2.05, 4.69) is 15.5 Å². The molecule has 1 saturated heterocycles. The number of sulfonamides is 1. The highest BCUT2D eigenvalue weighted by molar-refractivity contribution is 7.89. The van der Waals surface area contributed by atoms with Crippen LogP contribution in [-0.2, 0) is 26.1 Å². The average molecular weight is 316 g/mol. The number of carbonyl (C=O) groups is 1. The first-order chi connectivity index (χ1) is 9.99. The lowest BCUT2D eigenvalue weighted by molar-refractivity contribution is -0.120. The molecular weight excluding hydrogens is 296 g/mol. The molecule has 1 aromatic heterocycles. The Bertz CT molecular complexity index is 578. The van der Waals surface area contributed by atoms with Gasteiger partial charge in [0.05, 0.1) is 25.2 Å². The fourth-order valence-corrected chi connectivity index (χ4v) is 3.42. The summed E-state index contributed by atoms with van der Waals surface area (Å²) in [5.74, 6) is -0.462. The predicted octanol–water partition coefficient (Wildman–Crippen LogP) is -0.614. The third-order valence-electron chi connectivity index (χ3n) is 3.36. The molecule has 9 heteroatoms. The van der Waals surface area contributed by atoms with Gasteiger partial charge in [0.25, 0.3) is 0 Å². The zero-order chi connectivity index (χ0) is 15.3. The van der Waals surface area contributed by atoms with Gasteiger partial charge >= 0.3 is 0 Å². The minimum Gasteiger partial charge on any atom is -0.379 e. The van der Waals surface area contributed by atoms with Gasteiger partial charge in [0.1, 0.15) is 0 Å². The Morgan fingerprint density at radius 3 is 2.81 bits per heavy atom. The van der Waals surface area contributed by atoms with E-state index in [-0.39, 0.29) is 18.1 Å². The third-order valence-corrected chi connectivity index (χ3v) is 5.23. The van der Waals surface area contributed by atoms with Gasteiger partial charge in [-0.05, 0) is 6.92 Å². The van der Waals surface area contributed by atoms with E-state index in [4.69, 9.17) is 4.74 Å². The molecule has 1 aliphatic heterocycles. The lowest BCUT2D eigenvalue weighted by atomic mass is 10.2. The van der Waals surface area contributed by atoms with Crippen molar-refractivity contribution in [1.82, 2.24) is 19.8 Å². The maximum absolute atomic E-state index is 12.1. The van der Waals surface area contributed by atoms with Crippen LogP contribution in [0.1, 0.15) is 17.7 Å². The van der Waals surface area contributed by atoms with Crippen LogP contribution in [0.15, 0.2) is 6.20 Å². The summed E-state index contributed by atoms with van der Waals surface area (Å²) >= 11 is 0. The zero-order valence-corrected chi connectivity index (χ0v) is 12.8. The van der Waals surface area contributed by atoms with Crippen LogP contribution >= 0.6 is 0 Å². The smallest absolute Gasteiger partial charge is 0.221 e. The summed E-state index contributed by atoms with van der Waals surface area (Å²) in [7, 11) is -3.38. The van der Waals surface area contributed by atoms with Crippen LogP contribution in [-0.4, -0.2) is 60.9 Å². The summed E-state index contributed by atoms with van der Waals surface area (Å²) in [6.07, 6.45) is 1.59. The maximum atomic E-state index is 12.1. The van der Waals surface area contributed by atoms with Crippen LogP contribution in [0.5, 0.6) is 0 Å². The van der Waals surface area contributed by atoms with Gasteiger partial charge < -0.3 is 10.1 Å². The second kappa shape index (κ2) is 7.01. The maximum Gasteiger partial charge on any atom is 0.221 e. The minimum atomic E-state index is -3.38. The van der Waals surface area contributed by atoms with Gasteiger partial charge in [-0.2, -0.15) is 9.40 Å². The van der Waals surface area contributed by atoms with Gasteiger partial charge in [0.2, 0.25) is 15.9 Å². The van der Waals surface area contributed by atoms with E-state index in [9.17, 15) is 13.2 Å². The van der Waals surface area contributed by atoms with Crippen molar-refractivity contribution < 1.29 is 17.9 Å². The van der Waals surface area contributed by atoms with Crippen molar-refractivity contribution in [3.05, 3.63) is 17.5 Å². The molecule has 8 nitrogen and oxygen atoms in total. The molecule has 0 aliphatic carbocycles. The van der Waals surface area contributed by atoms with E-state index in [0.717, 1.165) is 11.3 Å². The summed E-state index contributed by atoms with van der Waals surface area (Å²) in [6.45, 7) is 3.74. The summed E-state index contributed by atoms with van der Waals surface area (Å²) in [5.41, 5.74) is 1.77. The molecule has 2 heterocycles. The van der Waals surface area contributed by atoms with Crippen molar-refractivity contribution in [1.29, 1.82) is 0 Å². The number of morpholine rings is 1. The van der Waals surface area contributed by atoms with E-state index in [1.165, 1.54) is 4.31 Å². The highest BCUT2D eigenvalue weighted by atomic mass is 32.2. The quantitative estimate of drug-likeness (QED) is 0.728. The molecule has 1 fully saturated rings. The molecule has 0 unspecified atom stereocenters. The van der Waals surface area contributed by atoms with Crippen molar-refractivity contribution in [2.24, 2.45) is 0 Å². The molecule has 2 rings (SSSR count). The van der Waals surface area contributed by atoms with Crippen LogP contribution in [0.3, 0.4) is 0 Å². The number of ether oxygens (including phenoxy) is 1. The number of nitrogens with zero attached hydrogens (tertiary/aromatic N) is 2. The van der Waals surface area contributed by atoms with Crippen LogP contribution in [0.4, 0.5) is 0 Å². The van der Waals surface area contributed by atoms with Gasteiger partial charge in [0.15, 0.2) is 0 Å². The molecule has 0 spiro atoms. The molecule has 0 bridgehead atoms. The van der Waals surface area contributed by atoms with E-state index in [1.54, 1.807) is 6.20 Å². The first-order valence-electron chi connectivity index (χ1n) is 6.80. The topological polar surface area (TPSA) is 104 Å². The predicted molar refractivity (Wildman–Crippen MR) is 76.0 cm³/mol. The van der Waals surface area contributed by atoms with Crippen molar-refractivity contribution in [3.8, 4) is 0 Å². The van der Waals surface area contributed by atoms with Gasteiger partial charge in [-0.1, -0.05) is 0 Å². The van der Waals surface area contributed by atoms with Gasteiger partial charge in [-0.15, -0.1) is 0 Å². The molecule has 0 saturated carbocycles. The SMILES string of the molecule is Cc1[nH]ncc1CNC(=O)CCS(=O)(=O)N1CCOCC1. The van der Waals surface area contributed by atoms with Gasteiger partial charge in [-0.25, -0.2) is 8.42 Å². The number of hydrogen-bond donors (Lipinski definition) is 2. The number of amides is 1. The van der Waals surface area contributed by atoms with Crippen LogP contribution in [0, 0.1) is 6.92 Å². The number of H-pyrrole nitrogens is 1. The van der Waals surface area contributed by atoms with E-state index in [0.29, 0.717) is 32.8 Å². The molecule has 1 aliphatic rings. The lowest BCUT2D eigenvalue weighted by Gasteiger charge is -2.25. The molecule has 1 aromatic rings. The first kappa shape index (κ1) is 15.9. The number of hydrogen-bond acceptors (Lipinski definition) is 5. The molecule has 21 heavy (non-hydrogen) atoms. The molecule has 118 valence electrons. The van der Waals surface area contributed by atoms with E-state index in [1.807, 2.05) is 6.92 Å². The highest BCUT2D eigenvalue weighted by Gasteiger charge is 2.24. The Hall–Kier alpha value is -1.45. The molecular formula is C12H20N4O4S. The first-order valence-corrected chi connectivity index (χ1v) is 8.41. The van der Waals surface area contributed by atoms with Gasteiger partial charge in [0, 0.05) is 37.3 Å². The van der Waals surface area contributed by atoms with E-state index >= 15 is 0 Å². The number of aryl methyl sites for hydroxylation is 1. The van der Waals surface area contributed by atoms with Crippen LogP contribution < -0.4 is 5.32 Å². The zero-order valence-electron chi connectivity index (χ0n) is 12.0. The van der Waals surface area contributed by atoms with Crippen molar-refractivity contribution in [2.75, 3.05) is 32.1 Å². The Morgan fingerprint density at radius 1 is 1.48 bits per heavy atom. The lowest BCUT2D eigenvalue weighted by Crippen LogP contribution is -2.42. The molecule has 0 atom stereocenters. The summed E-state index contributed by atoms with van der Waals surface area (Å²) in [4.78, 5) is 11.7. The molecule has 0 radical (unpaired) electrons. The average Bonchev–Trinajstić information content (AvgIpc) is 2.89. The second-order valence-corrected chi connectivity index (χ2v) is 6.96. The number of rotatable bonds is 6. The van der Waals surface area contributed by atoms with Crippen LogP contribution in [0.25, 0.3) is 0 Å². The Balaban J connectivity index is 1.76. The standard InChI is InChI=1S/C12H20N4O4S/c1-10-11(9-14-15-10)8-13-12(17)2-7-21(18,19)16-3-5-20-6-4-16/h9H,2-8H2,1H3,(H,13,17)(H,14,15). The fraction of sp³-hybridized carbons (Fsp3) is 0.667. The summed E-state index contributed by atoms with van der Waals surface area (Å²) in [5, 5.41) is 9.33. The van der Waals surface area contributed by atoms with E-state index < -0.39 is 10.0 Å². The Morgan fingerprint density at radius 2 is 2.19 bits per heavy atom. The minimum absolute atomic E-state index is 0.0451. The normalized spacial score (nSPS) is 16.8. The number of carbonyl (C=O) groups excluding carboxylic acids is 1. The monoisotopic (exact) mass is 316 g/mol. The fourth-order valence-electron chi connectivity index (χ4n) is 2.01. The van der Waals surface area contributed by atoms with Crippen LogP contribution in [0.2, 0.25) is 0 Å². The van der Waals surface area contributed by atoms with Crippen molar-refractivity contribution in [2.45, 2.75) is 19.9 Å². The summed E-state index contributed by atoms with van der Waals surface area (Å²) in [6, 6.07) is 0. The van der Waals surface area contributed by atoms with Crippen molar-refractivity contribution >= 4 is 15.9 Å². The summed E-state index contributed by atoms with van der Waals surface area (Å²) < 4.78 is 30.6. The second-order valence-electron chi connectivity index (χ2n) is 4.87. The number of aromatic nitrogens is 2. The Kier molecular flexibility index (Phi) is 5.32. The number of aromatic amines is 1. The Labute approximate surface area is 123 Å². The number of nitrogens with one attached hydrogen (secondary N) is 2. The third kappa shape index (κ3) is 4.51. The largest absolute Gasteiger partial charge is 0.379 e. The molecule has 0 aromatic carbocycles. The molecule has 2 N–H and O–H groups in total. The van der Waals surface area contributed by atoms with Crippen molar-refractivity contribution in [3.63, 3.8) is 0 Å².